The largest absolute Gasteiger partial charge is 0.462 e. The Morgan fingerprint density at radius 2 is 1.74 bits per heavy atom. The molecule has 0 fully saturated rings. The third kappa shape index (κ3) is 4.07. The van der Waals surface area contributed by atoms with Gasteiger partial charge in [0.05, 0.1) is 6.61 Å². The molecule has 1 aromatic rings. The minimum absolute atomic E-state index is 0.0275. The van der Waals surface area contributed by atoms with Crippen LogP contribution in [0.1, 0.15) is 23.2 Å². The molecule has 0 aliphatic carbocycles. The van der Waals surface area contributed by atoms with Crippen LogP contribution < -0.4 is 0 Å². The molecule has 0 heterocycles. The number of ketones is 1. The van der Waals surface area contributed by atoms with Gasteiger partial charge in [-0.2, -0.15) is 0 Å². The number of benzene rings is 1. The molecule has 0 bridgehead atoms. The molecule has 1 rings (SSSR count). The van der Waals surface area contributed by atoms with Gasteiger partial charge in [0.1, 0.15) is 11.3 Å². The van der Waals surface area contributed by atoms with Crippen molar-refractivity contribution in [2.75, 3.05) is 6.61 Å². The van der Waals surface area contributed by atoms with Crippen molar-refractivity contribution in [3.05, 3.63) is 51.9 Å². The average Bonchev–Trinajstić information content (AvgIpc) is 2.53. The van der Waals surface area contributed by atoms with Gasteiger partial charge in [-0.05, 0) is 18.0 Å². The minimum atomic E-state index is -2.04. The first-order chi connectivity index (χ1) is 10.8. The normalized spacial score (nSPS) is 9.91. The molecule has 0 aliphatic rings. The fourth-order valence-corrected chi connectivity index (χ4v) is 1.52. The second-order valence-electron chi connectivity index (χ2n) is 4.08. The standard InChI is InChI=1S/C13H9F4N3O3/c1-2-6(21)4-3-5-23-13(22)7-8(14)10(16)12(19-20-18)11(17)9(7)15/h2H,1,3-5H2. The summed E-state index contributed by atoms with van der Waals surface area (Å²) in [5.74, 6) is -10.1. The van der Waals surface area contributed by atoms with Gasteiger partial charge in [0.15, 0.2) is 29.1 Å². The van der Waals surface area contributed by atoms with E-state index in [1.807, 2.05) is 4.91 Å². The smallest absolute Gasteiger partial charge is 0.344 e. The summed E-state index contributed by atoms with van der Waals surface area (Å²) in [6.07, 6.45) is 1.04. The van der Waals surface area contributed by atoms with E-state index < -0.39 is 47.1 Å². The lowest BCUT2D eigenvalue weighted by molar-refractivity contribution is -0.114. The summed E-state index contributed by atoms with van der Waals surface area (Å²) in [5.41, 5.74) is 4.97. The quantitative estimate of drug-likeness (QED) is 0.111. The van der Waals surface area contributed by atoms with E-state index in [1.165, 1.54) is 0 Å². The van der Waals surface area contributed by atoms with E-state index in [9.17, 15) is 27.2 Å². The SMILES string of the molecule is C=CC(=O)CCCOC(=O)c1c(F)c(F)c(N=[N+]=[N-])c(F)c1F. The Morgan fingerprint density at radius 1 is 1.17 bits per heavy atom. The zero-order valence-electron chi connectivity index (χ0n) is 11.5. The molecule has 0 radical (unpaired) electrons. The lowest BCUT2D eigenvalue weighted by Gasteiger charge is -2.09. The molecule has 1 aromatic carbocycles. The second-order valence-corrected chi connectivity index (χ2v) is 4.08. The number of carbonyl (C=O) groups excluding carboxylic acids is 2. The number of azide groups is 1. The molecule has 0 aliphatic heterocycles. The highest BCUT2D eigenvalue weighted by Gasteiger charge is 2.29. The van der Waals surface area contributed by atoms with E-state index in [0.29, 0.717) is 0 Å². The lowest BCUT2D eigenvalue weighted by atomic mass is 10.1. The van der Waals surface area contributed by atoms with Crippen molar-refractivity contribution in [1.29, 1.82) is 0 Å². The first-order valence-electron chi connectivity index (χ1n) is 6.08. The highest BCUT2D eigenvalue weighted by Crippen LogP contribution is 2.30. The van der Waals surface area contributed by atoms with Crippen molar-refractivity contribution in [3.8, 4) is 0 Å². The zero-order valence-corrected chi connectivity index (χ0v) is 11.5. The fourth-order valence-electron chi connectivity index (χ4n) is 1.52. The van der Waals surface area contributed by atoms with Crippen LogP contribution in [0.4, 0.5) is 23.2 Å². The predicted molar refractivity (Wildman–Crippen MR) is 69.8 cm³/mol. The van der Waals surface area contributed by atoms with Crippen molar-refractivity contribution < 1.29 is 31.9 Å². The van der Waals surface area contributed by atoms with Gasteiger partial charge in [0.25, 0.3) is 0 Å². The molecule has 0 spiro atoms. The number of hydrogen-bond acceptors (Lipinski definition) is 4. The van der Waals surface area contributed by atoms with Crippen LogP contribution in [0, 0.1) is 23.3 Å². The van der Waals surface area contributed by atoms with Gasteiger partial charge in [-0.15, -0.1) is 0 Å². The fraction of sp³-hybridized carbons (Fsp3) is 0.231. The molecule has 6 nitrogen and oxygen atoms in total. The second kappa shape index (κ2) is 7.95. The molecule has 0 saturated heterocycles. The van der Waals surface area contributed by atoms with E-state index in [-0.39, 0.29) is 18.6 Å². The topological polar surface area (TPSA) is 92.1 Å². The molecule has 0 unspecified atom stereocenters. The third-order valence-corrected chi connectivity index (χ3v) is 2.62. The zero-order chi connectivity index (χ0) is 17.6. The molecular formula is C13H9F4N3O3. The van der Waals surface area contributed by atoms with Gasteiger partial charge in [-0.3, -0.25) is 4.79 Å². The lowest BCUT2D eigenvalue weighted by Crippen LogP contribution is -2.14. The van der Waals surface area contributed by atoms with Crippen LogP contribution in [0.5, 0.6) is 0 Å². The van der Waals surface area contributed by atoms with E-state index in [4.69, 9.17) is 5.53 Å². The number of esters is 1. The van der Waals surface area contributed by atoms with Crippen LogP contribution in [0.3, 0.4) is 0 Å². The monoisotopic (exact) mass is 331 g/mol. The molecule has 122 valence electrons. The summed E-state index contributed by atoms with van der Waals surface area (Å²) >= 11 is 0. The first kappa shape index (κ1) is 18.2. The number of halogens is 4. The molecule has 0 saturated carbocycles. The summed E-state index contributed by atoms with van der Waals surface area (Å²) in [4.78, 5) is 24.5. The Labute approximate surface area is 127 Å². The Morgan fingerprint density at radius 3 is 2.22 bits per heavy atom. The van der Waals surface area contributed by atoms with E-state index in [2.05, 4.69) is 16.4 Å². The minimum Gasteiger partial charge on any atom is -0.462 e. The number of rotatable bonds is 7. The summed E-state index contributed by atoms with van der Waals surface area (Å²) in [6.45, 7) is 2.81. The Hall–Kier alpha value is -2.87. The van der Waals surface area contributed by atoms with E-state index >= 15 is 0 Å². The van der Waals surface area contributed by atoms with Gasteiger partial charge in [-0.25, -0.2) is 22.4 Å². The predicted octanol–water partition coefficient (Wildman–Crippen LogP) is 3.88. The highest BCUT2D eigenvalue weighted by atomic mass is 19.2. The summed E-state index contributed by atoms with van der Waals surface area (Å²) in [7, 11) is 0. The van der Waals surface area contributed by atoms with Crippen molar-refractivity contribution in [3.63, 3.8) is 0 Å². The van der Waals surface area contributed by atoms with Crippen molar-refractivity contribution >= 4 is 17.4 Å². The average molecular weight is 331 g/mol. The number of ether oxygens (including phenoxy) is 1. The third-order valence-electron chi connectivity index (χ3n) is 2.62. The van der Waals surface area contributed by atoms with Gasteiger partial charge in [0, 0.05) is 11.3 Å². The van der Waals surface area contributed by atoms with Crippen molar-refractivity contribution in [1.82, 2.24) is 0 Å². The van der Waals surface area contributed by atoms with Gasteiger partial charge < -0.3 is 4.74 Å². The number of carbonyl (C=O) groups is 2. The molecule has 0 N–H and O–H groups in total. The highest BCUT2D eigenvalue weighted by molar-refractivity contribution is 5.91. The maximum Gasteiger partial charge on any atom is 0.344 e. The Balaban J connectivity index is 3.00. The number of nitrogens with zero attached hydrogens (tertiary/aromatic N) is 3. The summed E-state index contributed by atoms with van der Waals surface area (Å²) < 4.78 is 58.7. The summed E-state index contributed by atoms with van der Waals surface area (Å²) in [6, 6.07) is 0. The van der Waals surface area contributed by atoms with E-state index in [0.717, 1.165) is 6.08 Å². The van der Waals surface area contributed by atoms with Crippen LogP contribution in [0.2, 0.25) is 0 Å². The maximum absolute atomic E-state index is 13.6. The Kier molecular flexibility index (Phi) is 6.28. The van der Waals surface area contributed by atoms with Crippen molar-refractivity contribution in [2.24, 2.45) is 5.11 Å². The first-order valence-corrected chi connectivity index (χ1v) is 6.08. The van der Waals surface area contributed by atoms with Crippen LogP contribution in [0.15, 0.2) is 17.8 Å². The maximum atomic E-state index is 13.6. The number of allylic oxidation sites excluding steroid dienone is 1. The van der Waals surface area contributed by atoms with Gasteiger partial charge in [0.2, 0.25) is 0 Å². The van der Waals surface area contributed by atoms with Crippen LogP contribution in [-0.2, 0) is 9.53 Å². The van der Waals surface area contributed by atoms with Crippen LogP contribution in [-0.4, -0.2) is 18.4 Å². The van der Waals surface area contributed by atoms with E-state index in [1.54, 1.807) is 0 Å². The van der Waals surface area contributed by atoms with Gasteiger partial charge >= 0.3 is 5.97 Å². The molecule has 0 atom stereocenters. The molecule has 10 heteroatoms. The molecule has 0 amide bonds. The molecular weight excluding hydrogens is 322 g/mol. The van der Waals surface area contributed by atoms with Crippen LogP contribution in [0.25, 0.3) is 10.4 Å². The van der Waals surface area contributed by atoms with Gasteiger partial charge in [-0.1, -0.05) is 11.7 Å². The van der Waals surface area contributed by atoms with Crippen LogP contribution >= 0.6 is 0 Å². The molecule has 23 heavy (non-hydrogen) atoms. The summed E-state index contributed by atoms with van der Waals surface area (Å²) in [5, 5.41) is 2.48. The Bertz CT molecular complexity index is 686. The molecule has 0 aromatic heterocycles. The van der Waals surface area contributed by atoms with Crippen molar-refractivity contribution in [2.45, 2.75) is 12.8 Å². The number of hydrogen-bond donors (Lipinski definition) is 0.